The number of aliphatic carboxylic acids is 1. The molecule has 7 heteroatoms. The average molecular weight is 268 g/mol. The fourth-order valence-corrected chi connectivity index (χ4v) is 1.46. The highest BCUT2D eigenvalue weighted by molar-refractivity contribution is 5.97. The molecule has 0 heterocycles. The molecular weight excluding hydrogens is 255 g/mol. The average Bonchev–Trinajstić information content (AvgIpc) is 2.31. The van der Waals surface area contributed by atoms with Crippen LogP contribution in [0.25, 0.3) is 0 Å². The smallest absolute Gasteiger partial charge is 0.326 e. The Labute approximate surface area is 108 Å². The quantitative estimate of drug-likeness (QED) is 0.708. The van der Waals surface area contributed by atoms with Crippen LogP contribution in [0.5, 0.6) is 0 Å². The Morgan fingerprint density at radius 3 is 2.58 bits per heavy atom. The molecule has 1 aromatic rings. The lowest BCUT2D eigenvalue weighted by molar-refractivity contribution is -0.140. The maximum Gasteiger partial charge on any atom is 0.326 e. The first-order chi connectivity index (χ1) is 8.82. The number of carbonyl (C=O) groups is 3. The van der Waals surface area contributed by atoms with Gasteiger partial charge in [0.1, 0.15) is 11.9 Å². The van der Waals surface area contributed by atoms with Gasteiger partial charge in [0.25, 0.3) is 5.91 Å². The summed E-state index contributed by atoms with van der Waals surface area (Å²) in [5, 5.41) is 10.9. The predicted molar refractivity (Wildman–Crippen MR) is 63.8 cm³/mol. The zero-order chi connectivity index (χ0) is 14.6. The molecular formula is C12H13FN2O4. The van der Waals surface area contributed by atoms with Crippen LogP contribution in [0.15, 0.2) is 18.2 Å². The molecule has 0 aliphatic carbocycles. The number of primary amides is 1. The second-order valence-corrected chi connectivity index (χ2v) is 3.97. The Balaban J connectivity index is 2.91. The van der Waals surface area contributed by atoms with Gasteiger partial charge in [-0.3, -0.25) is 9.59 Å². The van der Waals surface area contributed by atoms with E-state index >= 15 is 0 Å². The molecule has 0 aliphatic rings. The van der Waals surface area contributed by atoms with Gasteiger partial charge in [-0.25, -0.2) is 9.18 Å². The molecule has 1 rings (SSSR count). The Morgan fingerprint density at radius 2 is 2.05 bits per heavy atom. The van der Waals surface area contributed by atoms with Gasteiger partial charge in [-0.1, -0.05) is 12.1 Å². The van der Waals surface area contributed by atoms with E-state index in [0.29, 0.717) is 0 Å². The molecule has 0 saturated carbocycles. The van der Waals surface area contributed by atoms with Crippen molar-refractivity contribution in [2.45, 2.75) is 19.4 Å². The van der Waals surface area contributed by atoms with E-state index in [1.807, 2.05) is 0 Å². The van der Waals surface area contributed by atoms with Crippen LogP contribution in [-0.4, -0.2) is 28.9 Å². The van der Waals surface area contributed by atoms with Crippen LogP contribution in [0.4, 0.5) is 4.39 Å². The van der Waals surface area contributed by atoms with Crippen molar-refractivity contribution in [1.29, 1.82) is 0 Å². The molecule has 2 amide bonds. The van der Waals surface area contributed by atoms with E-state index in [1.165, 1.54) is 25.1 Å². The van der Waals surface area contributed by atoms with E-state index in [4.69, 9.17) is 10.8 Å². The van der Waals surface area contributed by atoms with Gasteiger partial charge in [0.05, 0.1) is 12.0 Å². The molecule has 0 radical (unpaired) electrons. The van der Waals surface area contributed by atoms with Crippen LogP contribution >= 0.6 is 0 Å². The third kappa shape index (κ3) is 3.77. The standard InChI is InChI=1S/C12H13FN2O4/c1-6-3-2-4-7(10(6)13)11(17)15-8(12(18)19)5-9(14)16/h2-4,8H,5H2,1H3,(H2,14,16)(H,15,17)(H,18,19)/t8-/m1/s1. The number of carbonyl (C=O) groups excluding carboxylic acids is 2. The first kappa shape index (κ1) is 14.6. The lowest BCUT2D eigenvalue weighted by Crippen LogP contribution is -2.43. The van der Waals surface area contributed by atoms with Crippen LogP contribution in [0, 0.1) is 12.7 Å². The van der Waals surface area contributed by atoms with Gasteiger partial charge in [0.15, 0.2) is 0 Å². The van der Waals surface area contributed by atoms with Crippen molar-refractivity contribution in [3.8, 4) is 0 Å². The number of benzene rings is 1. The number of halogens is 1. The van der Waals surface area contributed by atoms with Crippen molar-refractivity contribution in [3.63, 3.8) is 0 Å². The number of carboxylic acid groups (broad SMARTS) is 1. The Morgan fingerprint density at radius 1 is 1.42 bits per heavy atom. The molecule has 19 heavy (non-hydrogen) atoms. The molecule has 6 nitrogen and oxygen atoms in total. The second-order valence-electron chi connectivity index (χ2n) is 3.97. The Hall–Kier alpha value is -2.44. The van der Waals surface area contributed by atoms with E-state index in [1.54, 1.807) is 0 Å². The molecule has 1 atom stereocenters. The van der Waals surface area contributed by atoms with Crippen molar-refractivity contribution in [2.24, 2.45) is 5.73 Å². The normalized spacial score (nSPS) is 11.7. The van der Waals surface area contributed by atoms with Crippen LogP contribution in [-0.2, 0) is 9.59 Å². The highest BCUT2D eigenvalue weighted by atomic mass is 19.1. The predicted octanol–water partition coefficient (Wildman–Crippen LogP) is 0.193. The Kier molecular flexibility index (Phi) is 4.57. The number of hydrogen-bond donors (Lipinski definition) is 3. The highest BCUT2D eigenvalue weighted by Crippen LogP contribution is 2.12. The topological polar surface area (TPSA) is 109 Å². The summed E-state index contributed by atoms with van der Waals surface area (Å²) >= 11 is 0. The number of amides is 2. The van der Waals surface area contributed by atoms with E-state index < -0.39 is 36.1 Å². The summed E-state index contributed by atoms with van der Waals surface area (Å²) in [5.41, 5.74) is 4.85. The maximum atomic E-state index is 13.7. The summed E-state index contributed by atoms with van der Waals surface area (Å²) in [6.07, 6.45) is -0.561. The summed E-state index contributed by atoms with van der Waals surface area (Å²) in [5.74, 6) is -3.93. The van der Waals surface area contributed by atoms with Crippen LogP contribution < -0.4 is 11.1 Å². The minimum absolute atomic E-state index is 0.259. The SMILES string of the molecule is Cc1cccc(C(=O)N[C@H](CC(N)=O)C(=O)O)c1F. The first-order valence-corrected chi connectivity index (χ1v) is 5.40. The highest BCUT2D eigenvalue weighted by Gasteiger charge is 2.24. The number of rotatable bonds is 5. The fraction of sp³-hybridized carbons (Fsp3) is 0.250. The van der Waals surface area contributed by atoms with Crippen molar-refractivity contribution in [2.75, 3.05) is 0 Å². The number of carboxylic acids is 1. The summed E-state index contributed by atoms with van der Waals surface area (Å²) in [7, 11) is 0. The van der Waals surface area contributed by atoms with Gasteiger partial charge in [-0.05, 0) is 18.6 Å². The largest absolute Gasteiger partial charge is 0.480 e. The van der Waals surface area contributed by atoms with Gasteiger partial charge >= 0.3 is 5.97 Å². The second kappa shape index (κ2) is 5.94. The minimum Gasteiger partial charge on any atom is -0.480 e. The van der Waals surface area contributed by atoms with E-state index in [-0.39, 0.29) is 11.1 Å². The molecule has 0 aromatic heterocycles. The number of nitrogens with one attached hydrogen (secondary N) is 1. The zero-order valence-electron chi connectivity index (χ0n) is 10.1. The molecule has 0 spiro atoms. The van der Waals surface area contributed by atoms with Gasteiger partial charge in [-0.15, -0.1) is 0 Å². The van der Waals surface area contributed by atoms with Gasteiger partial charge in [0.2, 0.25) is 5.91 Å². The molecule has 0 bridgehead atoms. The third-order valence-electron chi connectivity index (χ3n) is 2.45. The number of nitrogens with two attached hydrogens (primary N) is 1. The lowest BCUT2D eigenvalue weighted by atomic mass is 10.1. The van der Waals surface area contributed by atoms with Crippen LogP contribution in [0.1, 0.15) is 22.3 Å². The summed E-state index contributed by atoms with van der Waals surface area (Å²) in [6, 6.07) is 2.69. The molecule has 102 valence electrons. The van der Waals surface area contributed by atoms with Gasteiger partial charge < -0.3 is 16.2 Å². The zero-order valence-corrected chi connectivity index (χ0v) is 10.1. The Bertz CT molecular complexity index is 530. The number of hydrogen-bond acceptors (Lipinski definition) is 3. The van der Waals surface area contributed by atoms with Crippen molar-refractivity contribution >= 4 is 17.8 Å². The monoisotopic (exact) mass is 268 g/mol. The van der Waals surface area contributed by atoms with E-state index in [9.17, 15) is 18.8 Å². The van der Waals surface area contributed by atoms with Crippen LogP contribution in [0.3, 0.4) is 0 Å². The van der Waals surface area contributed by atoms with Crippen molar-refractivity contribution in [3.05, 3.63) is 35.1 Å². The molecule has 1 aromatic carbocycles. The summed E-state index contributed by atoms with van der Waals surface area (Å²) < 4.78 is 13.7. The first-order valence-electron chi connectivity index (χ1n) is 5.40. The van der Waals surface area contributed by atoms with Crippen molar-refractivity contribution in [1.82, 2.24) is 5.32 Å². The summed E-state index contributed by atoms with van der Waals surface area (Å²) in [4.78, 5) is 33.3. The van der Waals surface area contributed by atoms with Crippen LogP contribution in [0.2, 0.25) is 0 Å². The minimum atomic E-state index is -1.48. The fourth-order valence-electron chi connectivity index (χ4n) is 1.46. The molecule has 0 unspecified atom stereocenters. The van der Waals surface area contributed by atoms with Gasteiger partial charge in [-0.2, -0.15) is 0 Å². The molecule has 0 fully saturated rings. The third-order valence-corrected chi connectivity index (χ3v) is 2.45. The lowest BCUT2D eigenvalue weighted by Gasteiger charge is -2.13. The molecule has 0 aliphatic heterocycles. The number of aryl methyl sites for hydroxylation is 1. The van der Waals surface area contributed by atoms with E-state index in [0.717, 1.165) is 0 Å². The molecule has 4 N–H and O–H groups in total. The van der Waals surface area contributed by atoms with Crippen molar-refractivity contribution < 1.29 is 23.9 Å². The maximum absolute atomic E-state index is 13.7. The van der Waals surface area contributed by atoms with E-state index in [2.05, 4.69) is 5.32 Å². The summed E-state index contributed by atoms with van der Waals surface area (Å²) in [6.45, 7) is 1.48. The van der Waals surface area contributed by atoms with Gasteiger partial charge in [0, 0.05) is 0 Å². The molecule has 0 saturated heterocycles.